The van der Waals surface area contributed by atoms with Gasteiger partial charge in [-0.05, 0) is 37.6 Å². The molecule has 0 saturated carbocycles. The van der Waals surface area contributed by atoms with Gasteiger partial charge >= 0.3 is 0 Å². The highest BCUT2D eigenvalue weighted by molar-refractivity contribution is 5.36. The van der Waals surface area contributed by atoms with E-state index in [0.29, 0.717) is 12.5 Å². The van der Waals surface area contributed by atoms with Crippen LogP contribution >= 0.6 is 0 Å². The summed E-state index contributed by atoms with van der Waals surface area (Å²) in [4.78, 5) is 2.57. The highest BCUT2D eigenvalue weighted by atomic mass is 16.5. The van der Waals surface area contributed by atoms with Gasteiger partial charge in [0, 0.05) is 19.0 Å². The molecule has 1 aromatic carbocycles. The number of methoxy groups -OCH3 is 1. The number of nitrogens with zero attached hydrogens (tertiary/aromatic N) is 1. The molecule has 1 atom stereocenters. The summed E-state index contributed by atoms with van der Waals surface area (Å²) in [6.45, 7) is 4.16. The summed E-state index contributed by atoms with van der Waals surface area (Å²) >= 11 is 0. The van der Waals surface area contributed by atoms with E-state index >= 15 is 0 Å². The largest absolute Gasteiger partial charge is 0.496 e. The van der Waals surface area contributed by atoms with E-state index in [0.717, 1.165) is 12.3 Å². The summed E-state index contributed by atoms with van der Waals surface area (Å²) in [6.07, 6.45) is 5.39. The van der Waals surface area contributed by atoms with Crippen LogP contribution < -0.4 is 10.5 Å². The normalized spacial score (nSPS) is 18.8. The molecule has 0 aromatic heterocycles. The molecule has 3 nitrogen and oxygen atoms in total. The minimum Gasteiger partial charge on any atom is -0.496 e. The Morgan fingerprint density at radius 3 is 2.47 bits per heavy atom. The molecule has 0 spiro atoms. The topological polar surface area (TPSA) is 38.5 Å². The lowest BCUT2D eigenvalue weighted by Gasteiger charge is -2.26. The third kappa shape index (κ3) is 3.95. The zero-order valence-corrected chi connectivity index (χ0v) is 12.0. The molecule has 0 radical (unpaired) electrons. The molecule has 0 aliphatic carbocycles. The van der Waals surface area contributed by atoms with Crippen molar-refractivity contribution in [3.05, 3.63) is 29.8 Å². The van der Waals surface area contributed by atoms with E-state index in [2.05, 4.69) is 17.0 Å². The molecule has 1 aromatic rings. The van der Waals surface area contributed by atoms with Crippen LogP contribution in [0.1, 0.15) is 37.2 Å². The van der Waals surface area contributed by atoms with E-state index in [1.807, 2.05) is 12.1 Å². The summed E-state index contributed by atoms with van der Waals surface area (Å²) in [5.74, 6) is 1.34. The first kappa shape index (κ1) is 14.4. The Morgan fingerprint density at radius 2 is 1.84 bits per heavy atom. The highest BCUT2D eigenvalue weighted by Crippen LogP contribution is 2.27. The van der Waals surface area contributed by atoms with Gasteiger partial charge in [0.25, 0.3) is 0 Å². The third-order valence-electron chi connectivity index (χ3n) is 4.04. The molecule has 1 aliphatic rings. The Labute approximate surface area is 116 Å². The molecule has 3 heteroatoms. The van der Waals surface area contributed by atoms with Gasteiger partial charge in [-0.2, -0.15) is 0 Å². The Morgan fingerprint density at radius 1 is 1.16 bits per heavy atom. The minimum absolute atomic E-state index is 0.370. The van der Waals surface area contributed by atoms with Crippen LogP contribution in [0.25, 0.3) is 0 Å². The van der Waals surface area contributed by atoms with Crippen LogP contribution in [-0.4, -0.2) is 38.2 Å². The molecule has 0 bridgehead atoms. The van der Waals surface area contributed by atoms with Crippen LogP contribution in [-0.2, 0) is 0 Å². The van der Waals surface area contributed by atoms with Crippen molar-refractivity contribution < 1.29 is 4.74 Å². The fourth-order valence-corrected chi connectivity index (χ4v) is 2.93. The van der Waals surface area contributed by atoms with Gasteiger partial charge in [0.05, 0.1) is 7.11 Å². The van der Waals surface area contributed by atoms with Gasteiger partial charge in [-0.15, -0.1) is 0 Å². The van der Waals surface area contributed by atoms with Gasteiger partial charge in [0.2, 0.25) is 0 Å². The maximum absolute atomic E-state index is 6.00. The van der Waals surface area contributed by atoms with Crippen molar-refractivity contribution in [1.82, 2.24) is 4.90 Å². The Balaban J connectivity index is 2.06. The van der Waals surface area contributed by atoms with Crippen LogP contribution in [0.5, 0.6) is 5.75 Å². The number of hydrogen-bond donors (Lipinski definition) is 1. The molecule has 0 amide bonds. The van der Waals surface area contributed by atoms with Crippen molar-refractivity contribution in [2.24, 2.45) is 5.73 Å². The van der Waals surface area contributed by atoms with E-state index < -0.39 is 0 Å². The van der Waals surface area contributed by atoms with Gasteiger partial charge < -0.3 is 15.4 Å². The van der Waals surface area contributed by atoms with Crippen molar-refractivity contribution in [3.63, 3.8) is 0 Å². The number of para-hydroxylation sites is 1. The van der Waals surface area contributed by atoms with Crippen molar-refractivity contribution >= 4 is 0 Å². The van der Waals surface area contributed by atoms with Gasteiger partial charge in [-0.25, -0.2) is 0 Å². The second kappa shape index (κ2) is 7.51. The van der Waals surface area contributed by atoms with Crippen molar-refractivity contribution in [2.45, 2.75) is 31.6 Å². The molecule has 1 aliphatic heterocycles. The van der Waals surface area contributed by atoms with Crippen LogP contribution in [0.3, 0.4) is 0 Å². The van der Waals surface area contributed by atoms with E-state index in [1.165, 1.54) is 44.3 Å². The number of likely N-dealkylation sites (tertiary alicyclic amines) is 1. The number of ether oxygens (including phenoxy) is 1. The lowest BCUT2D eigenvalue weighted by molar-refractivity contribution is 0.265. The van der Waals surface area contributed by atoms with Crippen LogP contribution in [0.15, 0.2) is 24.3 Å². The number of rotatable bonds is 5. The van der Waals surface area contributed by atoms with Crippen molar-refractivity contribution in [3.8, 4) is 5.75 Å². The molecule has 19 heavy (non-hydrogen) atoms. The molecule has 2 rings (SSSR count). The second-order valence-electron chi connectivity index (χ2n) is 5.39. The van der Waals surface area contributed by atoms with E-state index in [1.54, 1.807) is 7.11 Å². The van der Waals surface area contributed by atoms with Gasteiger partial charge in [-0.3, -0.25) is 0 Å². The summed E-state index contributed by atoms with van der Waals surface area (Å²) in [6, 6.07) is 8.26. The smallest absolute Gasteiger partial charge is 0.122 e. The third-order valence-corrected chi connectivity index (χ3v) is 4.04. The van der Waals surface area contributed by atoms with Crippen LogP contribution in [0.2, 0.25) is 0 Å². The maximum Gasteiger partial charge on any atom is 0.122 e. The molecule has 1 saturated heterocycles. The first-order valence-corrected chi connectivity index (χ1v) is 7.40. The Bertz CT molecular complexity index is 373. The van der Waals surface area contributed by atoms with E-state index in [-0.39, 0.29) is 0 Å². The van der Waals surface area contributed by atoms with Gasteiger partial charge in [-0.1, -0.05) is 31.0 Å². The van der Waals surface area contributed by atoms with E-state index in [9.17, 15) is 0 Å². The Kier molecular flexibility index (Phi) is 5.67. The van der Waals surface area contributed by atoms with Gasteiger partial charge in [0.15, 0.2) is 0 Å². The predicted molar refractivity (Wildman–Crippen MR) is 79.7 cm³/mol. The van der Waals surface area contributed by atoms with Crippen LogP contribution in [0, 0.1) is 0 Å². The van der Waals surface area contributed by atoms with E-state index in [4.69, 9.17) is 10.5 Å². The standard InChI is InChI=1S/C16H26N2O/c1-19-16-9-5-4-8-15(16)14(12-17)13-18-10-6-2-3-7-11-18/h4-5,8-9,14H,2-3,6-7,10-13,17H2,1H3. The Hall–Kier alpha value is -1.06. The molecule has 2 N–H and O–H groups in total. The average Bonchev–Trinajstić information content (AvgIpc) is 2.73. The summed E-state index contributed by atoms with van der Waals surface area (Å²) < 4.78 is 5.47. The van der Waals surface area contributed by atoms with Crippen molar-refractivity contribution in [2.75, 3.05) is 33.3 Å². The minimum atomic E-state index is 0.370. The quantitative estimate of drug-likeness (QED) is 0.886. The van der Waals surface area contributed by atoms with Gasteiger partial charge in [0.1, 0.15) is 5.75 Å². The number of hydrogen-bond acceptors (Lipinski definition) is 3. The number of nitrogens with two attached hydrogens (primary N) is 1. The predicted octanol–water partition coefficient (Wildman–Crippen LogP) is 2.61. The first-order chi connectivity index (χ1) is 9.35. The zero-order valence-electron chi connectivity index (χ0n) is 12.0. The lowest BCUT2D eigenvalue weighted by Crippen LogP contribution is -2.32. The number of benzene rings is 1. The monoisotopic (exact) mass is 262 g/mol. The summed E-state index contributed by atoms with van der Waals surface area (Å²) in [7, 11) is 1.73. The maximum atomic E-state index is 6.00. The highest BCUT2D eigenvalue weighted by Gasteiger charge is 2.18. The molecule has 1 fully saturated rings. The molecule has 106 valence electrons. The zero-order chi connectivity index (χ0) is 13.5. The lowest BCUT2D eigenvalue weighted by atomic mass is 9.97. The molecule has 1 heterocycles. The fraction of sp³-hybridized carbons (Fsp3) is 0.625. The average molecular weight is 262 g/mol. The molecular formula is C16H26N2O. The summed E-state index contributed by atoms with van der Waals surface area (Å²) in [5.41, 5.74) is 7.25. The molecule has 1 unspecified atom stereocenters. The molecular weight excluding hydrogens is 236 g/mol. The SMILES string of the molecule is COc1ccccc1C(CN)CN1CCCCCC1. The van der Waals surface area contributed by atoms with Crippen LogP contribution in [0.4, 0.5) is 0 Å². The fourth-order valence-electron chi connectivity index (χ4n) is 2.93. The summed E-state index contributed by atoms with van der Waals surface area (Å²) in [5, 5.41) is 0. The second-order valence-corrected chi connectivity index (χ2v) is 5.39. The van der Waals surface area contributed by atoms with Crippen molar-refractivity contribution in [1.29, 1.82) is 0 Å². The first-order valence-electron chi connectivity index (χ1n) is 7.40.